The maximum absolute atomic E-state index is 4.62. The van der Waals surface area contributed by atoms with E-state index in [1.807, 2.05) is 13.2 Å². The van der Waals surface area contributed by atoms with Gasteiger partial charge in [0.1, 0.15) is 5.82 Å². The van der Waals surface area contributed by atoms with Gasteiger partial charge in [0, 0.05) is 35.4 Å². The first-order valence-electron chi connectivity index (χ1n) is 6.32. The molecule has 0 bridgehead atoms. The van der Waals surface area contributed by atoms with Crippen LogP contribution in [0.1, 0.15) is 31.7 Å². The highest BCUT2D eigenvalue weighted by Gasteiger charge is 2.25. The minimum Gasteiger partial charge on any atom is -0.353 e. The van der Waals surface area contributed by atoms with Gasteiger partial charge in [-0.3, -0.25) is 0 Å². The summed E-state index contributed by atoms with van der Waals surface area (Å²) in [5.74, 6) is 1.16. The summed E-state index contributed by atoms with van der Waals surface area (Å²) in [5.41, 5.74) is 1.28. The Kier molecular flexibility index (Phi) is 4.40. The second-order valence-corrected chi connectivity index (χ2v) is 5.48. The summed E-state index contributed by atoms with van der Waals surface area (Å²) >= 11 is 3.50. The Labute approximate surface area is 112 Å². The normalized spacial score (nSPS) is 19.9. The van der Waals surface area contributed by atoms with E-state index in [0.29, 0.717) is 6.04 Å². The molecule has 2 rings (SSSR count). The molecular formula is C13H20BrN3. The van der Waals surface area contributed by atoms with E-state index in [-0.39, 0.29) is 0 Å². The van der Waals surface area contributed by atoms with Crippen LogP contribution in [-0.2, 0) is 6.54 Å². The summed E-state index contributed by atoms with van der Waals surface area (Å²) in [4.78, 5) is 7.09. The number of rotatable bonds is 4. The van der Waals surface area contributed by atoms with Crippen molar-refractivity contribution in [3.8, 4) is 0 Å². The van der Waals surface area contributed by atoms with Gasteiger partial charge in [-0.05, 0) is 48.3 Å². The number of hydrogen-bond acceptors (Lipinski definition) is 3. The van der Waals surface area contributed by atoms with Crippen LogP contribution in [-0.4, -0.2) is 24.6 Å². The Bertz CT molecular complexity index is 381. The molecule has 1 unspecified atom stereocenters. The van der Waals surface area contributed by atoms with E-state index < -0.39 is 0 Å². The lowest BCUT2D eigenvalue weighted by Crippen LogP contribution is -2.30. The summed E-state index contributed by atoms with van der Waals surface area (Å²) in [6.07, 6.45) is 5.69. The van der Waals surface area contributed by atoms with Gasteiger partial charge in [-0.25, -0.2) is 4.98 Å². The molecular weight excluding hydrogens is 278 g/mol. The van der Waals surface area contributed by atoms with Gasteiger partial charge in [-0.1, -0.05) is 6.92 Å². The third kappa shape index (κ3) is 2.80. The van der Waals surface area contributed by atoms with Crippen LogP contribution < -0.4 is 10.2 Å². The van der Waals surface area contributed by atoms with Gasteiger partial charge < -0.3 is 10.2 Å². The third-order valence-corrected chi connectivity index (χ3v) is 3.83. The van der Waals surface area contributed by atoms with Crippen LogP contribution >= 0.6 is 15.9 Å². The number of anilines is 1. The highest BCUT2D eigenvalue weighted by atomic mass is 79.9. The van der Waals surface area contributed by atoms with Crippen molar-refractivity contribution in [2.24, 2.45) is 0 Å². The second kappa shape index (κ2) is 5.83. The van der Waals surface area contributed by atoms with E-state index in [1.54, 1.807) is 0 Å². The highest BCUT2D eigenvalue weighted by Crippen LogP contribution is 2.29. The highest BCUT2D eigenvalue weighted by molar-refractivity contribution is 9.10. The Morgan fingerprint density at radius 3 is 3.12 bits per heavy atom. The fraction of sp³-hybridized carbons (Fsp3) is 0.615. The minimum absolute atomic E-state index is 0.666. The molecule has 1 aliphatic heterocycles. The maximum Gasteiger partial charge on any atom is 0.133 e. The molecule has 1 N–H and O–H groups in total. The zero-order valence-corrected chi connectivity index (χ0v) is 12.1. The van der Waals surface area contributed by atoms with Crippen molar-refractivity contribution in [3.63, 3.8) is 0 Å². The van der Waals surface area contributed by atoms with Crippen molar-refractivity contribution >= 4 is 21.7 Å². The van der Waals surface area contributed by atoms with E-state index in [1.165, 1.54) is 24.8 Å². The fourth-order valence-corrected chi connectivity index (χ4v) is 2.97. The molecule has 0 radical (unpaired) electrons. The molecule has 1 fully saturated rings. The van der Waals surface area contributed by atoms with Crippen molar-refractivity contribution in [2.75, 3.05) is 18.5 Å². The molecule has 1 aromatic rings. The molecule has 4 heteroatoms. The Morgan fingerprint density at radius 2 is 2.41 bits per heavy atom. The van der Waals surface area contributed by atoms with Crippen LogP contribution in [0.3, 0.4) is 0 Å². The first kappa shape index (κ1) is 12.8. The Morgan fingerprint density at radius 1 is 1.59 bits per heavy atom. The van der Waals surface area contributed by atoms with Gasteiger partial charge in [0.25, 0.3) is 0 Å². The molecule has 1 aromatic heterocycles. The topological polar surface area (TPSA) is 28.2 Å². The molecule has 17 heavy (non-hydrogen) atoms. The van der Waals surface area contributed by atoms with Crippen molar-refractivity contribution < 1.29 is 0 Å². The van der Waals surface area contributed by atoms with E-state index in [0.717, 1.165) is 23.4 Å². The molecule has 94 valence electrons. The van der Waals surface area contributed by atoms with E-state index >= 15 is 0 Å². The van der Waals surface area contributed by atoms with Crippen LogP contribution in [0.15, 0.2) is 16.7 Å². The molecule has 3 nitrogen and oxygen atoms in total. The van der Waals surface area contributed by atoms with Crippen molar-refractivity contribution in [3.05, 3.63) is 22.3 Å². The number of nitrogens with zero attached hydrogens (tertiary/aromatic N) is 2. The number of halogens is 1. The van der Waals surface area contributed by atoms with Crippen LogP contribution in [0.5, 0.6) is 0 Å². The van der Waals surface area contributed by atoms with Crippen LogP contribution in [0, 0.1) is 0 Å². The zero-order chi connectivity index (χ0) is 12.3. The van der Waals surface area contributed by atoms with Gasteiger partial charge in [0.05, 0.1) is 0 Å². The number of pyridine rings is 1. The average Bonchev–Trinajstić information content (AvgIpc) is 2.78. The first-order chi connectivity index (χ1) is 8.26. The smallest absolute Gasteiger partial charge is 0.133 e. The van der Waals surface area contributed by atoms with Crippen LogP contribution in [0.25, 0.3) is 0 Å². The summed E-state index contributed by atoms with van der Waals surface area (Å²) in [6.45, 7) is 4.28. The lowest BCUT2D eigenvalue weighted by Gasteiger charge is -2.27. The predicted octanol–water partition coefficient (Wildman–Crippen LogP) is 2.94. The van der Waals surface area contributed by atoms with Gasteiger partial charge in [0.15, 0.2) is 0 Å². The van der Waals surface area contributed by atoms with E-state index in [2.05, 4.69) is 44.1 Å². The summed E-state index contributed by atoms with van der Waals surface area (Å²) in [7, 11) is 1.98. The number of aromatic nitrogens is 1. The Hall–Kier alpha value is -0.610. The fourth-order valence-electron chi connectivity index (χ4n) is 2.59. The lowest BCUT2D eigenvalue weighted by molar-refractivity contribution is 0.636. The Balaban J connectivity index is 2.30. The third-order valence-electron chi connectivity index (χ3n) is 3.40. The molecule has 0 spiro atoms. The number of nitrogens with one attached hydrogen (secondary N) is 1. The molecule has 2 heterocycles. The lowest BCUT2D eigenvalue weighted by atomic mass is 10.1. The first-order valence-corrected chi connectivity index (χ1v) is 7.11. The monoisotopic (exact) mass is 297 g/mol. The quantitative estimate of drug-likeness (QED) is 0.926. The van der Waals surface area contributed by atoms with Gasteiger partial charge in [-0.2, -0.15) is 0 Å². The maximum atomic E-state index is 4.62. The molecule has 0 amide bonds. The van der Waals surface area contributed by atoms with Crippen molar-refractivity contribution in [1.82, 2.24) is 10.3 Å². The molecule has 1 saturated heterocycles. The van der Waals surface area contributed by atoms with Crippen LogP contribution in [0.2, 0.25) is 0 Å². The zero-order valence-electron chi connectivity index (χ0n) is 10.5. The van der Waals surface area contributed by atoms with Crippen molar-refractivity contribution in [1.29, 1.82) is 0 Å². The summed E-state index contributed by atoms with van der Waals surface area (Å²) in [6, 6.07) is 2.84. The SMILES string of the molecule is CCC1CCCN1c1ncc(Br)cc1CNC. The van der Waals surface area contributed by atoms with Gasteiger partial charge >= 0.3 is 0 Å². The predicted molar refractivity (Wildman–Crippen MR) is 75.4 cm³/mol. The van der Waals surface area contributed by atoms with Crippen LogP contribution in [0.4, 0.5) is 5.82 Å². The molecule has 0 saturated carbocycles. The number of hydrogen-bond donors (Lipinski definition) is 1. The minimum atomic E-state index is 0.666. The largest absolute Gasteiger partial charge is 0.353 e. The molecule has 0 aliphatic carbocycles. The second-order valence-electron chi connectivity index (χ2n) is 4.56. The van der Waals surface area contributed by atoms with Crippen molar-refractivity contribution in [2.45, 2.75) is 38.8 Å². The standard InChI is InChI=1S/C13H20BrN3/c1-3-12-5-4-6-17(12)13-10(8-15-2)7-11(14)9-16-13/h7,9,12,15H,3-6,8H2,1-2H3. The molecule has 0 aromatic carbocycles. The van der Waals surface area contributed by atoms with E-state index in [4.69, 9.17) is 0 Å². The average molecular weight is 298 g/mol. The summed E-state index contributed by atoms with van der Waals surface area (Å²) < 4.78 is 1.05. The molecule has 1 atom stereocenters. The van der Waals surface area contributed by atoms with E-state index in [9.17, 15) is 0 Å². The summed E-state index contributed by atoms with van der Waals surface area (Å²) in [5, 5.41) is 3.22. The van der Waals surface area contributed by atoms with Gasteiger partial charge in [0.2, 0.25) is 0 Å². The molecule has 1 aliphatic rings. The van der Waals surface area contributed by atoms with Gasteiger partial charge in [-0.15, -0.1) is 0 Å².